The molecule has 2 bridgehead atoms. The molecule has 0 saturated heterocycles. The lowest BCUT2D eigenvalue weighted by Gasteiger charge is -2.50. The molecule has 0 amide bonds. The van der Waals surface area contributed by atoms with E-state index in [1.54, 1.807) is 0 Å². The van der Waals surface area contributed by atoms with Gasteiger partial charge in [0.05, 0.1) is 5.92 Å². The summed E-state index contributed by atoms with van der Waals surface area (Å²) in [5.41, 5.74) is 4.10. The summed E-state index contributed by atoms with van der Waals surface area (Å²) in [5.74, 6) is -3.83. The lowest BCUT2D eigenvalue weighted by molar-refractivity contribution is -0.314. The van der Waals surface area contributed by atoms with Gasteiger partial charge in [0.25, 0.3) is 0 Å². The topological polar surface area (TPSA) is 66.4 Å². The number of ether oxygens (including phenoxy) is 1. The van der Waals surface area contributed by atoms with E-state index in [1.165, 1.54) is 6.42 Å². The second-order valence-electron chi connectivity index (χ2n) is 8.28. The van der Waals surface area contributed by atoms with Crippen LogP contribution in [0.15, 0.2) is 48.5 Å². The first kappa shape index (κ1) is 17.5. The Morgan fingerprint density at radius 1 is 0.750 bits per heavy atom. The van der Waals surface area contributed by atoms with Crippen molar-refractivity contribution in [3.05, 3.63) is 70.8 Å². The Kier molecular flexibility index (Phi) is 4.22. The standard InChI is InChI=1S/C24H24O4/c25-23(26)21-19-15-10-4-6-12-17(15)20(18-13-7-5-11-16(18)19)22(21)24(27)28-14-8-2-1-3-9-14/h4-7,10-14,19-22H,1-3,8-9H2,(H,25,26)/p-1/t19?,20?,21-,22+/m0/s1. The highest BCUT2D eigenvalue weighted by molar-refractivity contribution is 5.86. The minimum Gasteiger partial charge on any atom is -0.550 e. The first-order chi connectivity index (χ1) is 13.7. The van der Waals surface area contributed by atoms with Crippen LogP contribution in [0.5, 0.6) is 0 Å². The van der Waals surface area contributed by atoms with Crippen LogP contribution in [0.25, 0.3) is 0 Å². The number of carboxylic acid groups (broad SMARTS) is 1. The Bertz CT molecular complexity index is 880. The molecule has 0 N–H and O–H groups in total. The first-order valence-corrected chi connectivity index (χ1v) is 10.3. The van der Waals surface area contributed by atoms with Gasteiger partial charge in [-0.1, -0.05) is 55.0 Å². The number of carbonyl (C=O) groups excluding carboxylic acids is 2. The molecule has 0 unspecified atom stereocenters. The lowest BCUT2D eigenvalue weighted by Crippen LogP contribution is -2.51. The van der Waals surface area contributed by atoms with E-state index < -0.39 is 17.8 Å². The largest absolute Gasteiger partial charge is 0.550 e. The van der Waals surface area contributed by atoms with Crippen LogP contribution in [-0.2, 0) is 14.3 Å². The highest BCUT2D eigenvalue weighted by atomic mass is 16.5. The smallest absolute Gasteiger partial charge is 0.310 e. The summed E-state index contributed by atoms with van der Waals surface area (Å²) < 4.78 is 5.86. The monoisotopic (exact) mass is 375 g/mol. The Morgan fingerprint density at radius 2 is 1.21 bits per heavy atom. The van der Waals surface area contributed by atoms with Crippen molar-refractivity contribution >= 4 is 11.9 Å². The van der Waals surface area contributed by atoms with Gasteiger partial charge in [0, 0.05) is 23.7 Å². The molecule has 28 heavy (non-hydrogen) atoms. The summed E-state index contributed by atoms with van der Waals surface area (Å²) in [5, 5.41) is 12.3. The van der Waals surface area contributed by atoms with Crippen LogP contribution in [0.2, 0.25) is 0 Å². The highest BCUT2D eigenvalue weighted by Gasteiger charge is 2.53. The maximum atomic E-state index is 13.3. The van der Waals surface area contributed by atoms with Crippen LogP contribution in [-0.4, -0.2) is 18.0 Å². The summed E-state index contributed by atoms with van der Waals surface area (Å²) in [6.07, 6.45) is 4.94. The van der Waals surface area contributed by atoms with Gasteiger partial charge in [0.15, 0.2) is 0 Å². The van der Waals surface area contributed by atoms with Crippen molar-refractivity contribution in [1.29, 1.82) is 0 Å². The van der Waals surface area contributed by atoms with Crippen molar-refractivity contribution in [2.24, 2.45) is 11.8 Å². The Labute approximate surface area is 164 Å². The van der Waals surface area contributed by atoms with Crippen molar-refractivity contribution in [1.82, 2.24) is 0 Å². The van der Waals surface area contributed by atoms with Crippen LogP contribution in [0.4, 0.5) is 0 Å². The van der Waals surface area contributed by atoms with Gasteiger partial charge < -0.3 is 14.6 Å². The number of hydrogen-bond donors (Lipinski definition) is 0. The summed E-state index contributed by atoms with van der Waals surface area (Å²) in [6, 6.07) is 15.8. The fourth-order valence-corrected chi connectivity index (χ4v) is 5.67. The van der Waals surface area contributed by atoms with Crippen LogP contribution in [0, 0.1) is 11.8 Å². The van der Waals surface area contributed by atoms with Crippen molar-refractivity contribution in [2.75, 3.05) is 0 Å². The molecule has 0 radical (unpaired) electrons. The Morgan fingerprint density at radius 3 is 1.68 bits per heavy atom. The molecule has 1 fully saturated rings. The third-order valence-corrected chi connectivity index (χ3v) is 6.82. The Balaban J connectivity index is 1.61. The van der Waals surface area contributed by atoms with Gasteiger partial charge in [-0.3, -0.25) is 4.79 Å². The SMILES string of the molecule is O=C(OC1CCCCC1)[C@@H]1C2c3ccccc3C(c3ccccc32)[C@@H]1C(=O)[O-]. The second kappa shape index (κ2) is 6.77. The molecule has 0 heterocycles. The predicted molar refractivity (Wildman–Crippen MR) is 102 cm³/mol. The van der Waals surface area contributed by atoms with Gasteiger partial charge in [0.1, 0.15) is 6.10 Å². The molecule has 0 spiro atoms. The van der Waals surface area contributed by atoms with E-state index in [4.69, 9.17) is 4.74 Å². The molecule has 6 rings (SSSR count). The molecule has 4 aliphatic rings. The number of aliphatic carboxylic acids is 1. The summed E-state index contributed by atoms with van der Waals surface area (Å²) >= 11 is 0. The molecular weight excluding hydrogens is 352 g/mol. The predicted octanol–water partition coefficient (Wildman–Crippen LogP) is 3.14. The van der Waals surface area contributed by atoms with Crippen molar-refractivity contribution < 1.29 is 19.4 Å². The molecular formula is C24H23O4-. The summed E-state index contributed by atoms with van der Waals surface area (Å²) in [4.78, 5) is 25.5. The number of esters is 1. The van der Waals surface area contributed by atoms with E-state index in [2.05, 4.69) is 0 Å². The molecule has 0 aliphatic heterocycles. The van der Waals surface area contributed by atoms with E-state index in [0.717, 1.165) is 47.9 Å². The minimum atomic E-state index is -1.16. The van der Waals surface area contributed by atoms with Crippen LogP contribution in [0.3, 0.4) is 0 Å². The number of fused-ring (bicyclic) bond motifs is 1. The fourth-order valence-electron chi connectivity index (χ4n) is 5.67. The van der Waals surface area contributed by atoms with Gasteiger partial charge in [0.2, 0.25) is 0 Å². The number of hydrogen-bond acceptors (Lipinski definition) is 4. The Hall–Kier alpha value is -2.62. The number of carbonyl (C=O) groups is 2. The molecule has 144 valence electrons. The summed E-state index contributed by atoms with van der Waals surface area (Å²) in [6.45, 7) is 0. The van der Waals surface area contributed by atoms with Gasteiger partial charge in [-0.15, -0.1) is 0 Å². The lowest BCUT2D eigenvalue weighted by atomic mass is 9.54. The number of carboxylic acids is 1. The molecule has 2 aromatic carbocycles. The van der Waals surface area contributed by atoms with Crippen molar-refractivity contribution in [2.45, 2.75) is 50.0 Å². The first-order valence-electron chi connectivity index (χ1n) is 10.3. The molecule has 2 aromatic rings. The van der Waals surface area contributed by atoms with Crippen LogP contribution >= 0.6 is 0 Å². The third-order valence-electron chi connectivity index (χ3n) is 6.82. The highest BCUT2D eigenvalue weighted by Crippen LogP contribution is 2.58. The molecule has 1 saturated carbocycles. The zero-order valence-corrected chi connectivity index (χ0v) is 15.7. The maximum Gasteiger partial charge on any atom is 0.310 e. The molecule has 4 aliphatic carbocycles. The quantitative estimate of drug-likeness (QED) is 0.773. The van der Waals surface area contributed by atoms with E-state index in [-0.39, 0.29) is 23.9 Å². The molecule has 4 heteroatoms. The van der Waals surface area contributed by atoms with E-state index >= 15 is 0 Å². The molecule has 4 nitrogen and oxygen atoms in total. The maximum absolute atomic E-state index is 13.3. The van der Waals surface area contributed by atoms with Gasteiger partial charge in [-0.25, -0.2) is 0 Å². The van der Waals surface area contributed by atoms with E-state index in [0.29, 0.717) is 0 Å². The molecule has 2 atom stereocenters. The zero-order chi connectivity index (χ0) is 19.3. The number of benzene rings is 2. The van der Waals surface area contributed by atoms with E-state index in [1.807, 2.05) is 48.5 Å². The van der Waals surface area contributed by atoms with Crippen LogP contribution in [0.1, 0.15) is 66.2 Å². The normalized spacial score (nSPS) is 28.3. The van der Waals surface area contributed by atoms with Crippen molar-refractivity contribution in [3.8, 4) is 0 Å². The van der Waals surface area contributed by atoms with Gasteiger partial charge >= 0.3 is 5.97 Å². The average molecular weight is 375 g/mol. The molecule has 0 aromatic heterocycles. The second-order valence-corrected chi connectivity index (χ2v) is 8.28. The number of rotatable bonds is 3. The third kappa shape index (κ3) is 2.58. The van der Waals surface area contributed by atoms with Crippen LogP contribution < -0.4 is 5.11 Å². The van der Waals surface area contributed by atoms with Crippen molar-refractivity contribution in [3.63, 3.8) is 0 Å². The van der Waals surface area contributed by atoms with Gasteiger partial charge in [-0.2, -0.15) is 0 Å². The zero-order valence-electron chi connectivity index (χ0n) is 15.7. The summed E-state index contributed by atoms with van der Waals surface area (Å²) in [7, 11) is 0. The minimum absolute atomic E-state index is 0.0883. The van der Waals surface area contributed by atoms with Gasteiger partial charge in [-0.05, 0) is 47.9 Å². The average Bonchev–Trinajstić information content (AvgIpc) is 2.73. The van der Waals surface area contributed by atoms with E-state index in [9.17, 15) is 14.7 Å². The fraction of sp³-hybridized carbons (Fsp3) is 0.417.